The van der Waals surface area contributed by atoms with E-state index in [0.29, 0.717) is 24.1 Å². The molecule has 0 amide bonds. The summed E-state index contributed by atoms with van der Waals surface area (Å²) in [5, 5.41) is 14.1. The SMILES string of the molecule is CC(C)CC(O)Cc1nc(C2Cc3ccccc3C2)no1. The number of hydrogen-bond donors (Lipinski definition) is 1. The van der Waals surface area contributed by atoms with Crippen LogP contribution in [0.15, 0.2) is 28.8 Å². The monoisotopic (exact) mass is 286 g/mol. The molecular weight excluding hydrogens is 264 g/mol. The third-order valence-electron chi connectivity index (χ3n) is 4.05. The molecule has 3 rings (SSSR count). The summed E-state index contributed by atoms with van der Waals surface area (Å²) in [4.78, 5) is 4.48. The zero-order valence-electron chi connectivity index (χ0n) is 12.6. The number of hydrogen-bond acceptors (Lipinski definition) is 4. The summed E-state index contributed by atoms with van der Waals surface area (Å²) in [5.74, 6) is 2.10. The Morgan fingerprint density at radius 2 is 1.90 bits per heavy atom. The van der Waals surface area contributed by atoms with Crippen molar-refractivity contribution in [1.29, 1.82) is 0 Å². The van der Waals surface area contributed by atoms with Crippen LogP contribution < -0.4 is 0 Å². The Morgan fingerprint density at radius 1 is 1.24 bits per heavy atom. The molecule has 1 N–H and O–H groups in total. The fraction of sp³-hybridized carbons (Fsp3) is 0.529. The van der Waals surface area contributed by atoms with Gasteiger partial charge in [0.2, 0.25) is 5.89 Å². The second-order valence-corrected chi connectivity index (χ2v) is 6.41. The summed E-state index contributed by atoms with van der Waals surface area (Å²) in [7, 11) is 0. The molecule has 4 heteroatoms. The Kier molecular flexibility index (Phi) is 4.06. The summed E-state index contributed by atoms with van der Waals surface area (Å²) >= 11 is 0. The predicted molar refractivity (Wildman–Crippen MR) is 80.1 cm³/mol. The molecule has 1 aromatic heterocycles. The number of fused-ring (bicyclic) bond motifs is 1. The lowest BCUT2D eigenvalue weighted by molar-refractivity contribution is 0.138. The standard InChI is InChI=1S/C17H22N2O2/c1-11(2)7-15(20)10-16-18-17(19-21-16)14-8-12-5-3-4-6-13(12)9-14/h3-6,11,14-15,20H,7-10H2,1-2H3. The van der Waals surface area contributed by atoms with E-state index in [4.69, 9.17) is 4.52 Å². The largest absolute Gasteiger partial charge is 0.393 e. The van der Waals surface area contributed by atoms with Gasteiger partial charge in [-0.15, -0.1) is 0 Å². The van der Waals surface area contributed by atoms with Gasteiger partial charge in [0.15, 0.2) is 5.82 Å². The third kappa shape index (κ3) is 3.32. The zero-order chi connectivity index (χ0) is 14.8. The summed E-state index contributed by atoms with van der Waals surface area (Å²) in [6, 6.07) is 8.49. The molecule has 0 saturated heterocycles. The first-order valence-electron chi connectivity index (χ1n) is 7.69. The molecule has 0 saturated carbocycles. The van der Waals surface area contributed by atoms with Crippen LogP contribution in [0.2, 0.25) is 0 Å². The van der Waals surface area contributed by atoms with Crippen molar-refractivity contribution >= 4 is 0 Å². The van der Waals surface area contributed by atoms with Crippen molar-refractivity contribution in [1.82, 2.24) is 10.1 Å². The minimum absolute atomic E-state index is 0.308. The predicted octanol–water partition coefficient (Wildman–Crippen LogP) is 2.90. The number of aliphatic hydroxyl groups excluding tert-OH is 1. The lowest BCUT2D eigenvalue weighted by Gasteiger charge is -2.09. The average molecular weight is 286 g/mol. The van der Waals surface area contributed by atoms with E-state index in [1.807, 2.05) is 0 Å². The molecule has 1 atom stereocenters. The number of benzene rings is 1. The lowest BCUT2D eigenvalue weighted by atomic mass is 10.0. The number of nitrogens with zero attached hydrogens (tertiary/aromatic N) is 2. The van der Waals surface area contributed by atoms with E-state index >= 15 is 0 Å². The van der Waals surface area contributed by atoms with E-state index in [0.717, 1.165) is 25.1 Å². The van der Waals surface area contributed by atoms with Crippen LogP contribution in [0.5, 0.6) is 0 Å². The number of aliphatic hydroxyl groups is 1. The van der Waals surface area contributed by atoms with Gasteiger partial charge in [-0.05, 0) is 36.3 Å². The zero-order valence-corrected chi connectivity index (χ0v) is 12.6. The molecule has 4 nitrogen and oxygen atoms in total. The number of rotatable bonds is 5. The van der Waals surface area contributed by atoms with Gasteiger partial charge in [-0.25, -0.2) is 0 Å². The van der Waals surface area contributed by atoms with E-state index in [9.17, 15) is 5.11 Å². The first-order valence-corrected chi connectivity index (χ1v) is 7.69. The van der Waals surface area contributed by atoms with Crippen molar-refractivity contribution in [3.63, 3.8) is 0 Å². The summed E-state index contributed by atoms with van der Waals surface area (Å²) in [6.07, 6.45) is 2.75. The molecule has 21 heavy (non-hydrogen) atoms. The van der Waals surface area contributed by atoms with Gasteiger partial charge in [0.25, 0.3) is 0 Å². The van der Waals surface area contributed by atoms with Gasteiger partial charge in [0.1, 0.15) is 0 Å². The smallest absolute Gasteiger partial charge is 0.229 e. The normalized spacial score (nSPS) is 16.4. The minimum atomic E-state index is -0.404. The van der Waals surface area contributed by atoms with Gasteiger partial charge in [0, 0.05) is 5.92 Å². The fourth-order valence-corrected chi connectivity index (χ4v) is 3.09. The van der Waals surface area contributed by atoms with E-state index in [1.54, 1.807) is 0 Å². The molecule has 0 spiro atoms. The maximum atomic E-state index is 9.96. The van der Waals surface area contributed by atoms with Crippen LogP contribution in [-0.2, 0) is 19.3 Å². The maximum absolute atomic E-state index is 9.96. The van der Waals surface area contributed by atoms with Gasteiger partial charge in [-0.3, -0.25) is 0 Å². The van der Waals surface area contributed by atoms with E-state index in [1.165, 1.54) is 11.1 Å². The molecule has 1 aliphatic carbocycles. The van der Waals surface area contributed by atoms with Gasteiger partial charge in [0.05, 0.1) is 12.5 Å². The second-order valence-electron chi connectivity index (χ2n) is 6.41. The van der Waals surface area contributed by atoms with Crippen LogP contribution in [-0.4, -0.2) is 21.4 Å². The molecule has 0 aliphatic heterocycles. The first-order chi connectivity index (χ1) is 10.1. The molecule has 1 aliphatic rings. The van der Waals surface area contributed by atoms with Gasteiger partial charge < -0.3 is 9.63 Å². The molecule has 1 aromatic carbocycles. The Morgan fingerprint density at radius 3 is 2.52 bits per heavy atom. The van der Waals surface area contributed by atoms with Gasteiger partial charge in [-0.1, -0.05) is 43.3 Å². The molecule has 0 bridgehead atoms. The lowest BCUT2D eigenvalue weighted by Crippen LogP contribution is -2.13. The van der Waals surface area contributed by atoms with E-state index in [2.05, 4.69) is 48.3 Å². The van der Waals surface area contributed by atoms with E-state index in [-0.39, 0.29) is 0 Å². The highest BCUT2D eigenvalue weighted by Gasteiger charge is 2.26. The molecular formula is C17H22N2O2. The van der Waals surface area contributed by atoms with Crippen LogP contribution >= 0.6 is 0 Å². The van der Waals surface area contributed by atoms with Crippen molar-refractivity contribution in [2.45, 2.75) is 51.6 Å². The summed E-state index contributed by atoms with van der Waals surface area (Å²) in [5.41, 5.74) is 2.77. The highest BCUT2D eigenvalue weighted by Crippen LogP contribution is 2.32. The van der Waals surface area contributed by atoms with E-state index < -0.39 is 6.10 Å². The van der Waals surface area contributed by atoms with Crippen LogP contribution in [0, 0.1) is 5.92 Å². The third-order valence-corrected chi connectivity index (χ3v) is 4.05. The van der Waals surface area contributed by atoms with Crippen molar-refractivity contribution in [2.24, 2.45) is 5.92 Å². The van der Waals surface area contributed by atoms with Crippen molar-refractivity contribution in [3.05, 3.63) is 47.1 Å². The van der Waals surface area contributed by atoms with Crippen LogP contribution in [0.3, 0.4) is 0 Å². The Bertz CT molecular complexity index is 581. The van der Waals surface area contributed by atoms with Crippen molar-refractivity contribution in [2.75, 3.05) is 0 Å². The highest BCUT2D eigenvalue weighted by atomic mass is 16.5. The molecule has 112 valence electrons. The maximum Gasteiger partial charge on any atom is 0.229 e. The average Bonchev–Trinajstić information content (AvgIpc) is 3.03. The summed E-state index contributed by atoms with van der Waals surface area (Å²) < 4.78 is 5.31. The quantitative estimate of drug-likeness (QED) is 0.918. The van der Waals surface area contributed by atoms with Crippen LogP contribution in [0.1, 0.15) is 49.0 Å². The van der Waals surface area contributed by atoms with Crippen molar-refractivity contribution < 1.29 is 9.63 Å². The topological polar surface area (TPSA) is 59.2 Å². The Labute approximate surface area is 125 Å². The number of aromatic nitrogens is 2. The summed E-state index contributed by atoms with van der Waals surface area (Å²) in [6.45, 7) is 4.19. The van der Waals surface area contributed by atoms with Crippen LogP contribution in [0.25, 0.3) is 0 Å². The second kappa shape index (κ2) is 5.98. The Hall–Kier alpha value is -1.68. The van der Waals surface area contributed by atoms with Crippen LogP contribution in [0.4, 0.5) is 0 Å². The molecule has 1 unspecified atom stereocenters. The molecule has 0 radical (unpaired) electrons. The van der Waals surface area contributed by atoms with Crippen molar-refractivity contribution in [3.8, 4) is 0 Å². The highest BCUT2D eigenvalue weighted by molar-refractivity contribution is 5.34. The molecule has 2 aromatic rings. The minimum Gasteiger partial charge on any atom is -0.393 e. The fourth-order valence-electron chi connectivity index (χ4n) is 3.09. The Balaban J connectivity index is 1.64. The molecule has 1 heterocycles. The van der Waals surface area contributed by atoms with Gasteiger partial charge in [-0.2, -0.15) is 4.98 Å². The molecule has 0 fully saturated rings. The van der Waals surface area contributed by atoms with Gasteiger partial charge >= 0.3 is 0 Å². The first kappa shape index (κ1) is 14.3.